The molecule has 2 fully saturated rings. The van der Waals surface area contributed by atoms with Crippen molar-refractivity contribution >= 4 is 34.7 Å². The van der Waals surface area contributed by atoms with E-state index in [1.807, 2.05) is 0 Å². The average molecular weight is 555 g/mol. The molecule has 4 aromatic heterocycles. The number of imidazole rings is 1. The molecule has 1 saturated heterocycles. The Bertz CT molecular complexity index is 1570. The van der Waals surface area contributed by atoms with Gasteiger partial charge in [-0.05, 0) is 25.3 Å². The number of carbonyl (C=O) groups is 1. The molecular formula is C26H28F2N8O4. The van der Waals surface area contributed by atoms with Crippen molar-refractivity contribution in [2.75, 3.05) is 31.0 Å². The van der Waals surface area contributed by atoms with Crippen molar-refractivity contribution in [3.05, 3.63) is 36.3 Å². The fraction of sp³-hybridized carbons (Fsp3) is 0.423. The molecule has 1 saturated carbocycles. The van der Waals surface area contributed by atoms with Crippen LogP contribution < -0.4 is 20.1 Å². The van der Waals surface area contributed by atoms with Crippen LogP contribution >= 0.6 is 0 Å². The Balaban J connectivity index is 1.28. The topological polar surface area (TPSA) is 130 Å². The van der Waals surface area contributed by atoms with E-state index in [0.29, 0.717) is 59.8 Å². The van der Waals surface area contributed by atoms with E-state index in [2.05, 4.69) is 30.7 Å². The number of fused-ring (bicyclic) bond motifs is 1. The first-order valence-electron chi connectivity index (χ1n) is 12.9. The van der Waals surface area contributed by atoms with Gasteiger partial charge in [0.2, 0.25) is 11.9 Å². The van der Waals surface area contributed by atoms with Crippen molar-refractivity contribution in [2.45, 2.75) is 38.2 Å². The maximum atomic E-state index is 14.4. The van der Waals surface area contributed by atoms with E-state index in [4.69, 9.17) is 14.2 Å². The van der Waals surface area contributed by atoms with Gasteiger partial charge in [-0.2, -0.15) is 18.9 Å². The molecule has 1 aliphatic carbocycles. The van der Waals surface area contributed by atoms with Crippen molar-refractivity contribution in [1.29, 1.82) is 0 Å². The predicted octanol–water partition coefficient (Wildman–Crippen LogP) is 4.53. The Kier molecular flexibility index (Phi) is 6.49. The van der Waals surface area contributed by atoms with Gasteiger partial charge in [-0.25, -0.2) is 9.97 Å². The third-order valence-electron chi connectivity index (χ3n) is 6.86. The monoisotopic (exact) mass is 554 g/mol. The quantitative estimate of drug-likeness (QED) is 0.307. The normalized spacial score (nSPS) is 17.3. The molecule has 1 aliphatic heterocycles. The summed E-state index contributed by atoms with van der Waals surface area (Å²) in [4.78, 5) is 25.2. The molecule has 1 atom stereocenters. The first-order valence-corrected chi connectivity index (χ1v) is 12.9. The Morgan fingerprint density at radius 3 is 2.73 bits per heavy atom. The molecule has 12 nitrogen and oxygen atoms in total. The number of aryl methyl sites for hydroxylation is 1. The minimum Gasteiger partial charge on any atom is -0.491 e. The van der Waals surface area contributed by atoms with E-state index < -0.39 is 5.92 Å². The maximum Gasteiger partial charge on any atom is 0.286 e. The van der Waals surface area contributed by atoms with Crippen molar-refractivity contribution in [2.24, 2.45) is 13.0 Å². The van der Waals surface area contributed by atoms with Crippen molar-refractivity contribution in [3.63, 3.8) is 0 Å². The van der Waals surface area contributed by atoms with E-state index in [9.17, 15) is 13.6 Å². The second-order valence-electron chi connectivity index (χ2n) is 9.95. The van der Waals surface area contributed by atoms with E-state index >= 15 is 0 Å². The fourth-order valence-corrected chi connectivity index (χ4v) is 4.64. The predicted molar refractivity (Wildman–Crippen MR) is 140 cm³/mol. The highest BCUT2D eigenvalue weighted by Gasteiger charge is 2.34. The number of hydrogen-bond donors (Lipinski definition) is 2. The second kappa shape index (κ2) is 10.0. The van der Waals surface area contributed by atoms with E-state index in [-0.39, 0.29) is 29.4 Å². The summed E-state index contributed by atoms with van der Waals surface area (Å²) in [6.07, 6.45) is 5.39. The van der Waals surface area contributed by atoms with Crippen LogP contribution in [0.4, 0.5) is 26.4 Å². The number of aromatic nitrogens is 6. The number of carbonyl (C=O) groups excluding carboxylic acids is 1. The van der Waals surface area contributed by atoms with Gasteiger partial charge in [0, 0.05) is 44.8 Å². The van der Waals surface area contributed by atoms with Gasteiger partial charge in [0.05, 0.1) is 26.0 Å². The van der Waals surface area contributed by atoms with Gasteiger partial charge in [0.25, 0.3) is 5.92 Å². The van der Waals surface area contributed by atoms with Crippen LogP contribution in [0.1, 0.15) is 37.9 Å². The number of ether oxygens (including phenoxy) is 3. The Hall–Kier alpha value is -4.33. The summed E-state index contributed by atoms with van der Waals surface area (Å²) in [6.45, 7) is 1.67. The third kappa shape index (κ3) is 5.01. The first-order chi connectivity index (χ1) is 19.2. The number of rotatable bonds is 9. The number of pyridine rings is 2. The Morgan fingerprint density at radius 1 is 1.20 bits per heavy atom. The Labute approximate surface area is 227 Å². The van der Waals surface area contributed by atoms with Gasteiger partial charge < -0.3 is 29.4 Å². The summed E-state index contributed by atoms with van der Waals surface area (Å²) in [5.74, 6) is -1.08. The molecule has 0 bridgehead atoms. The molecule has 5 heterocycles. The molecule has 14 heteroatoms. The lowest BCUT2D eigenvalue weighted by atomic mass is 10.2. The Morgan fingerprint density at radius 2 is 2.02 bits per heavy atom. The van der Waals surface area contributed by atoms with Gasteiger partial charge in [-0.1, -0.05) is 0 Å². The molecular weight excluding hydrogens is 526 g/mol. The molecule has 0 unspecified atom stereocenters. The van der Waals surface area contributed by atoms with Crippen molar-refractivity contribution < 1.29 is 27.8 Å². The lowest BCUT2D eigenvalue weighted by Gasteiger charge is -2.16. The number of hydrogen-bond acceptors (Lipinski definition) is 9. The number of alkyl halides is 2. The van der Waals surface area contributed by atoms with Gasteiger partial charge in [-0.15, -0.1) is 0 Å². The zero-order valence-corrected chi connectivity index (χ0v) is 22.1. The minimum absolute atomic E-state index is 0.0428. The summed E-state index contributed by atoms with van der Waals surface area (Å²) in [6, 6.07) is 4.32. The molecule has 2 N–H and O–H groups in total. The van der Waals surface area contributed by atoms with Crippen LogP contribution in [0.3, 0.4) is 0 Å². The molecule has 40 heavy (non-hydrogen) atoms. The highest BCUT2D eigenvalue weighted by molar-refractivity contribution is 5.93. The largest absolute Gasteiger partial charge is 0.491 e. The SMILES string of the molecule is COc1c(Oc2ccnc(NC(=O)C3CC3)c2)cnc2nc(Nc3cc(C(C)(F)F)n([C@H]4CCOC4)n3)n(C)c12. The standard InChI is InChI=1S/C26H28F2N8O4/c1-26(27,28)18-11-20(34-36(18)15-7-9-39-13-15)32-25-33-23-21(35(25)2)22(38-3)17(12-30-23)40-16-6-8-29-19(10-16)31-24(37)14-4-5-14/h6,8,10-12,14-15H,4-5,7,9,13H2,1-3H3,(H,29,31,37)(H,30,32,33,34)/t15-/m0/s1. The summed E-state index contributed by atoms with van der Waals surface area (Å²) in [7, 11) is 3.23. The van der Waals surface area contributed by atoms with E-state index in [1.165, 1.54) is 30.3 Å². The highest BCUT2D eigenvalue weighted by atomic mass is 19.3. The van der Waals surface area contributed by atoms with Crippen LogP contribution in [0.15, 0.2) is 30.6 Å². The highest BCUT2D eigenvalue weighted by Crippen LogP contribution is 2.39. The van der Waals surface area contributed by atoms with Gasteiger partial charge in [0.15, 0.2) is 23.0 Å². The molecule has 0 spiro atoms. The number of methoxy groups -OCH3 is 1. The number of halogens is 2. The lowest BCUT2D eigenvalue weighted by Crippen LogP contribution is -2.20. The molecule has 210 valence electrons. The van der Waals surface area contributed by atoms with Crippen LogP contribution in [0.25, 0.3) is 11.2 Å². The maximum absolute atomic E-state index is 14.4. The number of nitrogens with zero attached hydrogens (tertiary/aromatic N) is 6. The molecule has 0 radical (unpaired) electrons. The average Bonchev–Trinajstić information content (AvgIpc) is 3.31. The summed E-state index contributed by atoms with van der Waals surface area (Å²) in [5.41, 5.74) is 0.662. The molecule has 4 aromatic rings. The van der Waals surface area contributed by atoms with Crippen molar-refractivity contribution in [3.8, 4) is 17.2 Å². The summed E-state index contributed by atoms with van der Waals surface area (Å²) < 4.78 is 48.9. The van der Waals surface area contributed by atoms with Gasteiger partial charge in [-0.3, -0.25) is 9.48 Å². The van der Waals surface area contributed by atoms with Crippen LogP contribution in [0.2, 0.25) is 0 Å². The molecule has 6 rings (SSSR count). The van der Waals surface area contributed by atoms with Crippen LogP contribution in [-0.4, -0.2) is 55.5 Å². The molecule has 0 aromatic carbocycles. The van der Waals surface area contributed by atoms with Gasteiger partial charge in [0.1, 0.15) is 22.8 Å². The zero-order valence-electron chi connectivity index (χ0n) is 22.1. The lowest BCUT2D eigenvalue weighted by molar-refractivity contribution is -0.117. The number of amides is 1. The minimum atomic E-state index is -3.09. The fourth-order valence-electron chi connectivity index (χ4n) is 4.64. The number of anilines is 3. The van der Waals surface area contributed by atoms with Gasteiger partial charge >= 0.3 is 0 Å². The summed E-state index contributed by atoms with van der Waals surface area (Å²) >= 11 is 0. The van der Waals surface area contributed by atoms with Crippen LogP contribution in [0, 0.1) is 5.92 Å². The van der Waals surface area contributed by atoms with E-state index in [1.54, 1.807) is 23.7 Å². The smallest absolute Gasteiger partial charge is 0.286 e. The van der Waals surface area contributed by atoms with Crippen LogP contribution in [-0.2, 0) is 22.5 Å². The zero-order chi connectivity index (χ0) is 28.0. The van der Waals surface area contributed by atoms with Crippen molar-refractivity contribution in [1.82, 2.24) is 29.3 Å². The first kappa shape index (κ1) is 25.9. The van der Waals surface area contributed by atoms with Crippen LogP contribution in [0.5, 0.6) is 17.2 Å². The molecule has 2 aliphatic rings. The second-order valence-corrected chi connectivity index (χ2v) is 9.95. The molecule has 1 amide bonds. The third-order valence-corrected chi connectivity index (χ3v) is 6.86. The number of nitrogens with one attached hydrogen (secondary N) is 2. The van der Waals surface area contributed by atoms with E-state index in [0.717, 1.165) is 19.8 Å². The summed E-state index contributed by atoms with van der Waals surface area (Å²) in [5, 5.41) is 10.2.